The number of para-hydroxylation sites is 2. The molecule has 4 heteroatoms. The van der Waals surface area contributed by atoms with Crippen LogP contribution in [-0.4, -0.2) is 24.3 Å². The van der Waals surface area contributed by atoms with Crippen LogP contribution < -0.4 is 9.64 Å². The second-order valence-corrected chi connectivity index (χ2v) is 4.55. The van der Waals surface area contributed by atoms with Gasteiger partial charge in [0.2, 0.25) is 5.91 Å². The maximum Gasteiger partial charge on any atom is 0.228 e. The molecule has 0 radical (unpaired) electrons. The molecule has 1 heterocycles. The minimum Gasteiger partial charge on any atom is -0.479 e. The summed E-state index contributed by atoms with van der Waals surface area (Å²) in [6.07, 6.45) is 5.63. The average Bonchev–Trinajstić information content (AvgIpc) is 2.66. The van der Waals surface area contributed by atoms with Crippen LogP contribution in [0.25, 0.3) is 0 Å². The highest BCUT2D eigenvalue weighted by atomic mass is 32.1. The van der Waals surface area contributed by atoms with Crippen molar-refractivity contribution in [3.05, 3.63) is 24.3 Å². The molecule has 0 spiro atoms. The molecule has 1 amide bonds. The fourth-order valence-electron chi connectivity index (χ4n) is 1.84. The van der Waals surface area contributed by atoms with Crippen molar-refractivity contribution in [3.63, 3.8) is 0 Å². The number of hydrogen-bond acceptors (Lipinski definition) is 3. The summed E-state index contributed by atoms with van der Waals surface area (Å²) in [5, 5.41) is 0.0863. The van der Waals surface area contributed by atoms with Crippen LogP contribution in [-0.2, 0) is 4.79 Å². The molecular weight excluding hydrogens is 234 g/mol. The van der Waals surface area contributed by atoms with Gasteiger partial charge in [0.1, 0.15) is 12.4 Å². The maximum atomic E-state index is 11.8. The van der Waals surface area contributed by atoms with Crippen molar-refractivity contribution < 1.29 is 9.53 Å². The molecule has 2 rings (SSSR count). The van der Waals surface area contributed by atoms with Crippen molar-refractivity contribution in [3.8, 4) is 18.1 Å². The third-order valence-electron chi connectivity index (χ3n) is 2.57. The zero-order valence-corrected chi connectivity index (χ0v) is 10.2. The van der Waals surface area contributed by atoms with E-state index in [0.29, 0.717) is 18.7 Å². The highest BCUT2D eigenvalue weighted by Crippen LogP contribution is 2.32. The molecule has 3 nitrogen and oxygen atoms in total. The van der Waals surface area contributed by atoms with E-state index in [1.165, 1.54) is 0 Å². The number of ether oxygens (including phenoxy) is 1. The smallest absolute Gasteiger partial charge is 0.228 e. The Labute approximate surface area is 106 Å². The molecule has 0 N–H and O–H groups in total. The summed E-state index contributed by atoms with van der Waals surface area (Å²) in [6.45, 7) is 0.807. The number of nitrogens with zero attached hydrogens (tertiary/aromatic N) is 1. The van der Waals surface area contributed by atoms with Gasteiger partial charge in [0, 0.05) is 18.2 Å². The number of benzene rings is 1. The molecule has 1 atom stereocenters. The Hall–Kier alpha value is -1.60. The molecule has 0 aromatic heterocycles. The third kappa shape index (κ3) is 2.56. The van der Waals surface area contributed by atoms with Crippen LogP contribution in [0.4, 0.5) is 5.69 Å². The minimum absolute atomic E-state index is 0.0711. The van der Waals surface area contributed by atoms with E-state index in [9.17, 15) is 4.79 Å². The number of carbonyl (C=O) groups is 1. The third-order valence-corrected chi connectivity index (χ3v) is 2.92. The van der Waals surface area contributed by atoms with Crippen LogP contribution in [0.1, 0.15) is 6.42 Å². The summed E-state index contributed by atoms with van der Waals surface area (Å²) >= 11 is 4.33. The van der Waals surface area contributed by atoms with Crippen molar-refractivity contribution >= 4 is 24.2 Å². The first-order valence-corrected chi connectivity index (χ1v) is 5.87. The van der Waals surface area contributed by atoms with E-state index in [-0.39, 0.29) is 17.8 Å². The molecule has 1 saturated heterocycles. The first-order chi connectivity index (χ1) is 8.22. The molecule has 88 valence electrons. The largest absolute Gasteiger partial charge is 0.479 e. The molecule has 1 fully saturated rings. The Kier molecular flexibility index (Phi) is 3.60. The number of anilines is 1. The zero-order valence-electron chi connectivity index (χ0n) is 9.30. The van der Waals surface area contributed by atoms with Crippen LogP contribution >= 0.6 is 12.6 Å². The summed E-state index contributed by atoms with van der Waals surface area (Å²) in [7, 11) is 0. The van der Waals surface area contributed by atoms with Crippen LogP contribution in [0.15, 0.2) is 24.3 Å². The topological polar surface area (TPSA) is 29.5 Å². The van der Waals surface area contributed by atoms with Gasteiger partial charge >= 0.3 is 0 Å². The van der Waals surface area contributed by atoms with Crippen LogP contribution in [0.2, 0.25) is 0 Å². The number of carbonyl (C=O) groups excluding carboxylic acids is 1. The zero-order chi connectivity index (χ0) is 12.3. The van der Waals surface area contributed by atoms with Crippen molar-refractivity contribution in [2.75, 3.05) is 18.1 Å². The van der Waals surface area contributed by atoms with Gasteiger partial charge in [-0.3, -0.25) is 4.79 Å². The normalized spacial score (nSPS) is 19.2. The Bertz CT molecular complexity index is 467. The fraction of sp³-hybridized carbons (Fsp3) is 0.308. The minimum atomic E-state index is 0.0711. The molecular formula is C13H13NO2S. The second-order valence-electron chi connectivity index (χ2n) is 3.82. The predicted octanol–water partition coefficient (Wildman–Crippen LogP) is 1.73. The van der Waals surface area contributed by atoms with Gasteiger partial charge in [-0.25, -0.2) is 0 Å². The summed E-state index contributed by atoms with van der Waals surface area (Å²) in [4.78, 5) is 13.5. The van der Waals surface area contributed by atoms with Crippen LogP contribution in [0.5, 0.6) is 5.75 Å². The number of rotatable bonds is 3. The fourth-order valence-corrected chi connectivity index (χ4v) is 2.16. The van der Waals surface area contributed by atoms with E-state index in [0.717, 1.165) is 5.69 Å². The lowest BCUT2D eigenvalue weighted by Gasteiger charge is -2.19. The molecule has 1 aliphatic heterocycles. The molecule has 0 bridgehead atoms. The molecule has 1 aromatic carbocycles. The lowest BCUT2D eigenvalue weighted by atomic mass is 10.2. The first-order valence-electron chi connectivity index (χ1n) is 5.36. The number of terminal acetylenes is 1. The molecule has 1 aromatic rings. The SMILES string of the molecule is C#CCOc1ccccc1N1CC(S)CC1=O. The van der Waals surface area contributed by atoms with Crippen molar-refractivity contribution in [2.45, 2.75) is 11.7 Å². The Morgan fingerprint density at radius 1 is 1.53 bits per heavy atom. The van der Waals surface area contributed by atoms with E-state index in [4.69, 9.17) is 11.2 Å². The van der Waals surface area contributed by atoms with Gasteiger partial charge in [-0.2, -0.15) is 12.6 Å². The maximum absolute atomic E-state index is 11.8. The van der Waals surface area contributed by atoms with E-state index in [1.54, 1.807) is 4.90 Å². The quantitative estimate of drug-likeness (QED) is 0.651. The molecule has 1 aliphatic rings. The number of hydrogen-bond donors (Lipinski definition) is 1. The van der Waals surface area contributed by atoms with E-state index < -0.39 is 0 Å². The molecule has 17 heavy (non-hydrogen) atoms. The average molecular weight is 247 g/mol. The van der Waals surface area contributed by atoms with E-state index in [2.05, 4.69) is 18.5 Å². The molecule has 0 aliphatic carbocycles. The van der Waals surface area contributed by atoms with Gasteiger partial charge in [-0.05, 0) is 12.1 Å². The standard InChI is InChI=1S/C13H13NO2S/c1-2-7-16-12-6-4-3-5-11(12)14-9-10(17)8-13(14)15/h1,3-6,10,17H,7-9H2. The van der Waals surface area contributed by atoms with Gasteiger partial charge in [-0.15, -0.1) is 6.42 Å². The van der Waals surface area contributed by atoms with Gasteiger partial charge in [-0.1, -0.05) is 18.1 Å². The lowest BCUT2D eigenvalue weighted by molar-refractivity contribution is -0.117. The molecule has 1 unspecified atom stereocenters. The number of amides is 1. The summed E-state index contributed by atoms with van der Waals surface area (Å²) in [5.41, 5.74) is 0.768. The van der Waals surface area contributed by atoms with Crippen molar-refractivity contribution in [1.82, 2.24) is 0 Å². The van der Waals surface area contributed by atoms with Gasteiger partial charge in [0.25, 0.3) is 0 Å². The summed E-state index contributed by atoms with van der Waals surface area (Å²) in [5.74, 6) is 3.12. The lowest BCUT2D eigenvalue weighted by Crippen LogP contribution is -2.25. The van der Waals surface area contributed by atoms with E-state index >= 15 is 0 Å². The Morgan fingerprint density at radius 2 is 2.29 bits per heavy atom. The second kappa shape index (κ2) is 5.15. The first kappa shape index (κ1) is 11.9. The number of thiol groups is 1. The predicted molar refractivity (Wildman–Crippen MR) is 70.5 cm³/mol. The van der Waals surface area contributed by atoms with Crippen LogP contribution in [0.3, 0.4) is 0 Å². The summed E-state index contributed by atoms with van der Waals surface area (Å²) in [6, 6.07) is 7.40. The van der Waals surface area contributed by atoms with Gasteiger partial charge < -0.3 is 9.64 Å². The van der Waals surface area contributed by atoms with Gasteiger partial charge in [0.05, 0.1) is 5.69 Å². The summed E-state index contributed by atoms with van der Waals surface area (Å²) < 4.78 is 5.43. The van der Waals surface area contributed by atoms with Crippen molar-refractivity contribution in [1.29, 1.82) is 0 Å². The molecule has 0 saturated carbocycles. The Balaban J connectivity index is 2.26. The van der Waals surface area contributed by atoms with E-state index in [1.807, 2.05) is 24.3 Å². The van der Waals surface area contributed by atoms with Crippen molar-refractivity contribution in [2.24, 2.45) is 0 Å². The van der Waals surface area contributed by atoms with Crippen LogP contribution in [0, 0.1) is 12.3 Å². The van der Waals surface area contributed by atoms with Gasteiger partial charge in [0.15, 0.2) is 0 Å². The Morgan fingerprint density at radius 3 is 2.94 bits per heavy atom. The monoisotopic (exact) mass is 247 g/mol. The highest BCUT2D eigenvalue weighted by molar-refractivity contribution is 7.81. The highest BCUT2D eigenvalue weighted by Gasteiger charge is 2.29.